The van der Waals surface area contributed by atoms with E-state index in [-0.39, 0.29) is 0 Å². The van der Waals surface area contributed by atoms with E-state index in [1.165, 1.54) is 0 Å². The van der Waals surface area contributed by atoms with Crippen LogP contribution in [0, 0.1) is 0 Å². The minimum atomic E-state index is 0.651. The van der Waals surface area contributed by atoms with Crippen LogP contribution in [-0.4, -0.2) is 35.3 Å². The Morgan fingerprint density at radius 1 is 0.652 bits per heavy atom. The average Bonchev–Trinajstić information content (AvgIpc) is 3.17. The predicted octanol–water partition coefficient (Wildman–Crippen LogP) is 2.39. The number of H-pyrrole nitrogens is 1. The highest BCUT2D eigenvalue weighted by molar-refractivity contribution is 5.84. The van der Waals surface area contributed by atoms with E-state index in [0.29, 0.717) is 22.8 Å². The molecule has 0 bridgehead atoms. The molecule has 1 N–H and O–H groups in total. The van der Waals surface area contributed by atoms with Crippen molar-refractivity contribution >= 4 is 0 Å². The molecule has 7 heteroatoms. The van der Waals surface area contributed by atoms with Crippen molar-refractivity contribution in [1.82, 2.24) is 35.3 Å². The lowest BCUT2D eigenvalue weighted by Gasteiger charge is -2.09. The number of aromatic nitrogens is 7. The molecular weight excluding hydrogens is 290 g/mol. The summed E-state index contributed by atoms with van der Waals surface area (Å²) in [6.45, 7) is 0. The van der Waals surface area contributed by atoms with Crippen LogP contribution in [0.15, 0.2) is 61.3 Å². The monoisotopic (exact) mass is 301 g/mol. The molecule has 0 aliphatic carbocycles. The molecule has 0 amide bonds. The number of nitrogens with one attached hydrogen (secondary N) is 1. The highest BCUT2D eigenvalue weighted by Gasteiger charge is 2.17. The standard InChI is InChI=1S/C16H11N7/c1-2-6-17-12(5-1)16-15(19-8-9-20-16)11-4-3-7-18-14(11)13-10-21-23-22-13/h1-10H,(H,21,22,23). The van der Waals surface area contributed by atoms with Gasteiger partial charge in [0.1, 0.15) is 22.8 Å². The summed E-state index contributed by atoms with van der Waals surface area (Å²) in [4.78, 5) is 17.7. The Balaban J connectivity index is 1.94. The van der Waals surface area contributed by atoms with Gasteiger partial charge < -0.3 is 0 Å². The Labute approximate surface area is 131 Å². The van der Waals surface area contributed by atoms with E-state index in [1.54, 1.807) is 31.0 Å². The smallest absolute Gasteiger partial charge is 0.131 e. The van der Waals surface area contributed by atoms with E-state index in [1.807, 2.05) is 30.3 Å². The summed E-state index contributed by atoms with van der Waals surface area (Å²) in [5.41, 5.74) is 4.33. The third-order valence-electron chi connectivity index (χ3n) is 3.33. The summed E-state index contributed by atoms with van der Waals surface area (Å²) in [5.74, 6) is 0. The topological polar surface area (TPSA) is 93.1 Å². The van der Waals surface area contributed by atoms with Gasteiger partial charge in [-0.3, -0.25) is 19.9 Å². The van der Waals surface area contributed by atoms with Crippen molar-refractivity contribution in [2.45, 2.75) is 0 Å². The SMILES string of the molecule is c1ccc(-c2nccnc2-c2cccnc2-c2cn[nH]n2)nc1. The lowest BCUT2D eigenvalue weighted by atomic mass is 10.0. The van der Waals surface area contributed by atoms with Crippen molar-refractivity contribution in [3.8, 4) is 34.0 Å². The Bertz CT molecular complexity index is 920. The lowest BCUT2D eigenvalue weighted by molar-refractivity contribution is 0.941. The molecule has 7 nitrogen and oxygen atoms in total. The van der Waals surface area contributed by atoms with Gasteiger partial charge in [0.2, 0.25) is 0 Å². The van der Waals surface area contributed by atoms with Gasteiger partial charge in [0.15, 0.2) is 0 Å². The molecule has 0 aliphatic rings. The van der Waals surface area contributed by atoms with Gasteiger partial charge in [-0.25, -0.2) is 0 Å². The molecule has 0 aliphatic heterocycles. The number of pyridine rings is 2. The molecule has 0 spiro atoms. The van der Waals surface area contributed by atoms with Crippen molar-refractivity contribution in [3.05, 3.63) is 61.3 Å². The Morgan fingerprint density at radius 3 is 2.26 bits per heavy atom. The molecule has 0 saturated heterocycles. The summed E-state index contributed by atoms with van der Waals surface area (Å²) < 4.78 is 0. The Hall–Kier alpha value is -3.48. The molecule has 0 saturated carbocycles. The van der Waals surface area contributed by atoms with Crippen LogP contribution in [-0.2, 0) is 0 Å². The van der Waals surface area contributed by atoms with Gasteiger partial charge in [-0.2, -0.15) is 15.4 Å². The zero-order chi connectivity index (χ0) is 15.5. The molecule has 23 heavy (non-hydrogen) atoms. The predicted molar refractivity (Wildman–Crippen MR) is 83.9 cm³/mol. The summed E-state index contributed by atoms with van der Waals surface area (Å²) in [6, 6.07) is 9.48. The van der Waals surface area contributed by atoms with Crippen molar-refractivity contribution in [2.75, 3.05) is 0 Å². The maximum absolute atomic E-state index is 4.49. The second-order valence-electron chi connectivity index (χ2n) is 4.72. The van der Waals surface area contributed by atoms with Crippen molar-refractivity contribution < 1.29 is 0 Å². The quantitative estimate of drug-likeness (QED) is 0.624. The van der Waals surface area contributed by atoms with Crippen LogP contribution < -0.4 is 0 Å². The second-order valence-corrected chi connectivity index (χ2v) is 4.72. The lowest BCUT2D eigenvalue weighted by Crippen LogP contribution is -1.97. The van der Waals surface area contributed by atoms with Crippen LogP contribution in [0.2, 0.25) is 0 Å². The van der Waals surface area contributed by atoms with Crippen molar-refractivity contribution in [2.24, 2.45) is 0 Å². The number of aromatic amines is 1. The first-order chi connectivity index (χ1) is 11.4. The molecule has 4 aromatic rings. The van der Waals surface area contributed by atoms with Crippen molar-refractivity contribution in [3.63, 3.8) is 0 Å². The molecule has 4 aromatic heterocycles. The van der Waals surface area contributed by atoms with Crippen LogP contribution in [0.25, 0.3) is 34.0 Å². The Kier molecular flexibility index (Phi) is 3.28. The van der Waals surface area contributed by atoms with Gasteiger partial charge in [0.25, 0.3) is 0 Å². The summed E-state index contributed by atoms with van der Waals surface area (Å²) in [5, 5.41) is 10.6. The van der Waals surface area contributed by atoms with Crippen molar-refractivity contribution in [1.29, 1.82) is 0 Å². The summed E-state index contributed by atoms with van der Waals surface area (Å²) in [6.07, 6.45) is 8.38. The fourth-order valence-electron chi connectivity index (χ4n) is 2.34. The highest BCUT2D eigenvalue weighted by Crippen LogP contribution is 2.32. The third kappa shape index (κ3) is 2.44. The van der Waals surface area contributed by atoms with Gasteiger partial charge in [-0.1, -0.05) is 6.07 Å². The molecule has 4 heterocycles. The molecule has 0 radical (unpaired) electrons. The first-order valence-electron chi connectivity index (χ1n) is 6.97. The van der Waals surface area contributed by atoms with Crippen LogP contribution in [0.1, 0.15) is 0 Å². The number of hydrogen-bond acceptors (Lipinski definition) is 6. The number of hydrogen-bond donors (Lipinski definition) is 1. The highest BCUT2D eigenvalue weighted by atomic mass is 15.3. The van der Waals surface area contributed by atoms with Crippen LogP contribution in [0.4, 0.5) is 0 Å². The number of nitrogens with zero attached hydrogens (tertiary/aromatic N) is 6. The second kappa shape index (κ2) is 5.72. The largest absolute Gasteiger partial charge is 0.255 e. The van der Waals surface area contributed by atoms with Gasteiger partial charge in [0.05, 0.1) is 11.9 Å². The van der Waals surface area contributed by atoms with Gasteiger partial charge in [-0.05, 0) is 24.3 Å². The van der Waals surface area contributed by atoms with E-state index in [9.17, 15) is 0 Å². The maximum atomic E-state index is 4.49. The van der Waals surface area contributed by atoms with Crippen LogP contribution in [0.3, 0.4) is 0 Å². The van der Waals surface area contributed by atoms with E-state index < -0.39 is 0 Å². The van der Waals surface area contributed by atoms with E-state index in [0.717, 1.165) is 11.3 Å². The number of rotatable bonds is 3. The molecule has 0 fully saturated rings. The van der Waals surface area contributed by atoms with E-state index in [4.69, 9.17) is 0 Å². The van der Waals surface area contributed by atoms with Gasteiger partial charge in [0, 0.05) is 30.4 Å². The molecule has 110 valence electrons. The zero-order valence-electron chi connectivity index (χ0n) is 12.0. The van der Waals surface area contributed by atoms with Crippen LogP contribution >= 0.6 is 0 Å². The molecule has 0 unspecified atom stereocenters. The molecule has 4 rings (SSSR count). The van der Waals surface area contributed by atoms with E-state index in [2.05, 4.69) is 35.3 Å². The summed E-state index contributed by atoms with van der Waals surface area (Å²) >= 11 is 0. The van der Waals surface area contributed by atoms with Gasteiger partial charge >= 0.3 is 0 Å². The zero-order valence-corrected chi connectivity index (χ0v) is 12.0. The molecule has 0 aromatic carbocycles. The first-order valence-corrected chi connectivity index (χ1v) is 6.97. The summed E-state index contributed by atoms with van der Waals surface area (Å²) in [7, 11) is 0. The normalized spacial score (nSPS) is 10.6. The van der Waals surface area contributed by atoms with Gasteiger partial charge in [-0.15, -0.1) is 0 Å². The first kappa shape index (κ1) is 13.2. The van der Waals surface area contributed by atoms with Crippen LogP contribution in [0.5, 0.6) is 0 Å². The average molecular weight is 301 g/mol. The minimum absolute atomic E-state index is 0.651. The molecule has 0 atom stereocenters. The fourth-order valence-corrected chi connectivity index (χ4v) is 2.34. The minimum Gasteiger partial charge on any atom is -0.255 e. The maximum Gasteiger partial charge on any atom is 0.131 e. The van der Waals surface area contributed by atoms with E-state index >= 15 is 0 Å². The Morgan fingerprint density at radius 2 is 1.48 bits per heavy atom. The third-order valence-corrected chi connectivity index (χ3v) is 3.33. The molecular formula is C16H11N7. The fraction of sp³-hybridized carbons (Fsp3) is 0.